The zero-order valence-electron chi connectivity index (χ0n) is 19.8. The summed E-state index contributed by atoms with van der Waals surface area (Å²) in [5.41, 5.74) is 2.08. The summed E-state index contributed by atoms with van der Waals surface area (Å²) in [5.74, 6) is -0.00595. The number of carbonyl (C=O) groups is 3. The number of fused-ring (bicyclic) bond motifs is 4. The maximum Gasteiger partial charge on any atom is 0.319 e. The Morgan fingerprint density at radius 2 is 1.58 bits per heavy atom. The van der Waals surface area contributed by atoms with Crippen LogP contribution in [0, 0.1) is 0 Å². The lowest BCUT2D eigenvalue weighted by molar-refractivity contribution is 0.0519. The number of anilines is 1. The molecule has 1 saturated heterocycles. The highest BCUT2D eigenvalue weighted by atomic mass is 35.5. The van der Waals surface area contributed by atoms with E-state index in [1.54, 1.807) is 34.1 Å². The van der Waals surface area contributed by atoms with Gasteiger partial charge in [-0.1, -0.05) is 49.1 Å². The van der Waals surface area contributed by atoms with E-state index in [1.165, 1.54) is 0 Å². The summed E-state index contributed by atoms with van der Waals surface area (Å²) in [6.45, 7) is 1.77. The number of furan rings is 1. The van der Waals surface area contributed by atoms with Gasteiger partial charge >= 0.3 is 6.03 Å². The van der Waals surface area contributed by atoms with E-state index < -0.39 is 5.54 Å². The van der Waals surface area contributed by atoms with Gasteiger partial charge in [0.15, 0.2) is 5.76 Å². The standard InChI is InChI=1S/C27H27ClN4O4/c28-19-15-18-16-20(25(34)32-13-11-31(12-14-32)24(33)17-7-3-1-4-8-17)36-23(18)21-22(19)29-26(35)30-27(21)9-5-2-6-10-27/h1,3-4,7-8,15-16H,2,5-6,9-14H2,(H2,29,30,35). The molecule has 0 bridgehead atoms. The van der Waals surface area contributed by atoms with E-state index in [9.17, 15) is 14.4 Å². The molecule has 3 aliphatic rings. The fourth-order valence-electron chi connectivity index (χ4n) is 5.82. The van der Waals surface area contributed by atoms with Crippen LogP contribution < -0.4 is 10.6 Å². The molecule has 0 atom stereocenters. The van der Waals surface area contributed by atoms with Crippen LogP contribution in [-0.2, 0) is 5.54 Å². The van der Waals surface area contributed by atoms with Gasteiger partial charge in [-0.3, -0.25) is 9.59 Å². The summed E-state index contributed by atoms with van der Waals surface area (Å²) >= 11 is 6.61. The largest absolute Gasteiger partial charge is 0.450 e. The van der Waals surface area contributed by atoms with Crippen LogP contribution in [0.3, 0.4) is 0 Å². The highest BCUT2D eigenvalue weighted by Crippen LogP contribution is 2.49. The molecule has 6 rings (SSSR count). The van der Waals surface area contributed by atoms with Crippen LogP contribution in [0.25, 0.3) is 11.0 Å². The molecule has 1 aromatic heterocycles. The lowest BCUT2D eigenvalue weighted by atomic mass is 9.74. The van der Waals surface area contributed by atoms with Gasteiger partial charge in [-0.15, -0.1) is 0 Å². The quantitative estimate of drug-likeness (QED) is 0.512. The van der Waals surface area contributed by atoms with Crippen molar-refractivity contribution in [2.75, 3.05) is 31.5 Å². The maximum atomic E-state index is 13.4. The molecule has 1 spiro atoms. The van der Waals surface area contributed by atoms with E-state index >= 15 is 0 Å². The third-order valence-electron chi connectivity index (χ3n) is 7.62. The van der Waals surface area contributed by atoms with Crippen LogP contribution >= 0.6 is 11.6 Å². The van der Waals surface area contributed by atoms with Crippen LogP contribution in [0.4, 0.5) is 10.5 Å². The molecule has 9 heteroatoms. The number of hydrogen-bond acceptors (Lipinski definition) is 4. The Morgan fingerprint density at radius 3 is 2.28 bits per heavy atom. The number of halogens is 1. The van der Waals surface area contributed by atoms with Crippen molar-refractivity contribution in [3.05, 3.63) is 64.4 Å². The molecule has 3 aromatic rings. The molecule has 0 radical (unpaired) electrons. The predicted octanol–water partition coefficient (Wildman–Crippen LogP) is 4.98. The van der Waals surface area contributed by atoms with Crippen LogP contribution in [0.2, 0.25) is 5.02 Å². The average molecular weight is 507 g/mol. The second kappa shape index (κ2) is 8.85. The summed E-state index contributed by atoms with van der Waals surface area (Å²) in [5, 5.41) is 7.16. The number of urea groups is 1. The second-order valence-corrected chi connectivity index (χ2v) is 10.2. The molecule has 1 aliphatic carbocycles. The maximum absolute atomic E-state index is 13.4. The van der Waals surface area contributed by atoms with E-state index in [0.29, 0.717) is 48.0 Å². The number of carbonyl (C=O) groups excluding carboxylic acids is 3. The van der Waals surface area contributed by atoms with Gasteiger partial charge in [0.25, 0.3) is 11.8 Å². The predicted molar refractivity (Wildman–Crippen MR) is 136 cm³/mol. The molecule has 186 valence electrons. The molecule has 0 unspecified atom stereocenters. The van der Waals surface area contributed by atoms with Crippen molar-refractivity contribution >= 4 is 46.1 Å². The summed E-state index contributed by atoms with van der Waals surface area (Å²) < 4.78 is 6.22. The number of amides is 4. The zero-order valence-corrected chi connectivity index (χ0v) is 20.6. The Kier molecular flexibility index (Phi) is 5.63. The van der Waals surface area contributed by atoms with E-state index in [2.05, 4.69) is 10.6 Å². The van der Waals surface area contributed by atoms with Crippen molar-refractivity contribution in [3.8, 4) is 0 Å². The SMILES string of the molecule is O=C1Nc2c(Cl)cc3cc(C(=O)N4CCN(C(=O)c5ccccc5)CC4)oc3c2C2(CCCCC2)N1. The minimum atomic E-state index is -0.555. The molecule has 2 fully saturated rings. The van der Waals surface area contributed by atoms with Gasteiger partial charge in [0.05, 0.1) is 16.2 Å². The fraction of sp³-hybridized carbons (Fsp3) is 0.370. The summed E-state index contributed by atoms with van der Waals surface area (Å²) in [7, 11) is 0. The van der Waals surface area contributed by atoms with Gasteiger partial charge in [0.2, 0.25) is 0 Å². The third-order valence-corrected chi connectivity index (χ3v) is 7.92. The molecule has 1 saturated carbocycles. The number of nitrogens with zero attached hydrogens (tertiary/aromatic N) is 2. The van der Waals surface area contributed by atoms with E-state index in [-0.39, 0.29) is 23.6 Å². The number of benzene rings is 2. The Balaban J connectivity index is 1.27. The number of piperazine rings is 1. The van der Waals surface area contributed by atoms with Crippen LogP contribution in [0.5, 0.6) is 0 Å². The van der Waals surface area contributed by atoms with Crippen molar-refractivity contribution < 1.29 is 18.8 Å². The normalized spacial score (nSPS) is 19.1. The van der Waals surface area contributed by atoms with E-state index in [0.717, 1.165) is 43.1 Å². The van der Waals surface area contributed by atoms with E-state index in [1.807, 2.05) is 18.2 Å². The fourth-order valence-corrected chi connectivity index (χ4v) is 6.08. The smallest absolute Gasteiger partial charge is 0.319 e. The second-order valence-electron chi connectivity index (χ2n) is 9.81. The van der Waals surface area contributed by atoms with Gasteiger partial charge in [0.1, 0.15) is 5.58 Å². The minimum absolute atomic E-state index is 0.0277. The molecule has 2 aromatic carbocycles. The molecule has 2 aliphatic heterocycles. The van der Waals surface area contributed by atoms with Crippen molar-refractivity contribution in [1.82, 2.24) is 15.1 Å². The van der Waals surface area contributed by atoms with Crippen LogP contribution in [0.15, 0.2) is 46.9 Å². The van der Waals surface area contributed by atoms with Crippen LogP contribution in [0.1, 0.15) is 58.6 Å². The average Bonchev–Trinajstić information content (AvgIpc) is 3.32. The minimum Gasteiger partial charge on any atom is -0.450 e. The first-order valence-electron chi connectivity index (χ1n) is 12.4. The van der Waals surface area contributed by atoms with E-state index in [4.69, 9.17) is 16.0 Å². The first-order chi connectivity index (χ1) is 17.4. The highest BCUT2D eigenvalue weighted by Gasteiger charge is 2.44. The molecular formula is C27H27ClN4O4. The third kappa shape index (κ3) is 3.80. The lowest BCUT2D eigenvalue weighted by Gasteiger charge is -2.42. The first kappa shape index (κ1) is 22.9. The Hall–Kier alpha value is -3.52. The van der Waals surface area contributed by atoms with Gasteiger partial charge in [-0.25, -0.2) is 4.79 Å². The first-order valence-corrected chi connectivity index (χ1v) is 12.8. The molecule has 8 nitrogen and oxygen atoms in total. The highest BCUT2D eigenvalue weighted by molar-refractivity contribution is 6.35. The van der Waals surface area contributed by atoms with Crippen molar-refractivity contribution in [2.24, 2.45) is 0 Å². The van der Waals surface area contributed by atoms with Gasteiger partial charge in [0, 0.05) is 42.7 Å². The van der Waals surface area contributed by atoms with Gasteiger partial charge in [-0.2, -0.15) is 0 Å². The number of hydrogen-bond donors (Lipinski definition) is 2. The Labute approximate surface area is 213 Å². The molecule has 4 amide bonds. The molecule has 2 N–H and O–H groups in total. The number of nitrogens with one attached hydrogen (secondary N) is 2. The summed E-state index contributed by atoms with van der Waals surface area (Å²) in [6, 6.07) is 12.4. The van der Waals surface area contributed by atoms with Crippen molar-refractivity contribution in [1.29, 1.82) is 0 Å². The molecule has 3 heterocycles. The number of rotatable bonds is 2. The van der Waals surface area contributed by atoms with Crippen LogP contribution in [-0.4, -0.2) is 53.8 Å². The topological polar surface area (TPSA) is 94.9 Å². The molecule has 36 heavy (non-hydrogen) atoms. The Morgan fingerprint density at radius 1 is 0.917 bits per heavy atom. The lowest BCUT2D eigenvalue weighted by Crippen LogP contribution is -2.52. The van der Waals surface area contributed by atoms with Crippen molar-refractivity contribution in [2.45, 2.75) is 37.6 Å². The van der Waals surface area contributed by atoms with Crippen molar-refractivity contribution in [3.63, 3.8) is 0 Å². The van der Waals surface area contributed by atoms with Gasteiger partial charge in [-0.05, 0) is 37.1 Å². The van der Waals surface area contributed by atoms with Gasteiger partial charge < -0.3 is 24.9 Å². The zero-order chi connectivity index (χ0) is 24.9. The Bertz CT molecular complexity index is 1360. The monoisotopic (exact) mass is 506 g/mol. The summed E-state index contributed by atoms with van der Waals surface area (Å²) in [6.07, 6.45) is 4.69. The molecular weight excluding hydrogens is 480 g/mol. The summed E-state index contributed by atoms with van der Waals surface area (Å²) in [4.78, 5) is 42.1.